The van der Waals surface area contributed by atoms with Crippen molar-refractivity contribution in [1.82, 2.24) is 4.98 Å². The average Bonchev–Trinajstić information content (AvgIpc) is 2.20. The minimum Gasteiger partial charge on any atom is -0.358 e. The highest BCUT2D eigenvalue weighted by molar-refractivity contribution is 9.10. The topological polar surface area (TPSA) is 79.8 Å². The summed E-state index contributed by atoms with van der Waals surface area (Å²) in [6.45, 7) is 0. The normalized spacial score (nSPS) is 10.2. The van der Waals surface area contributed by atoms with E-state index in [1.807, 2.05) is 0 Å². The quantitative estimate of drug-likeness (QED) is 0.487. The molecule has 0 N–H and O–H groups in total. The molecule has 1 heterocycles. The first-order valence-corrected chi connectivity index (χ1v) is 4.75. The predicted molar refractivity (Wildman–Crippen MR) is 52.9 cm³/mol. The fourth-order valence-corrected chi connectivity index (χ4v) is 1.64. The number of aromatic nitrogens is 1. The molecule has 0 bridgehead atoms. The summed E-state index contributed by atoms with van der Waals surface area (Å²) >= 11 is 2.84. The summed E-state index contributed by atoms with van der Waals surface area (Å²) in [7, 11) is 0. The Morgan fingerprint density at radius 3 is 2.75 bits per heavy atom. The molecule has 5 nitrogen and oxygen atoms in total. The van der Waals surface area contributed by atoms with Gasteiger partial charge in [0.05, 0.1) is 12.5 Å². The van der Waals surface area contributed by atoms with Crippen molar-refractivity contribution >= 4 is 21.7 Å². The van der Waals surface area contributed by atoms with Crippen molar-refractivity contribution in [1.29, 1.82) is 5.26 Å². The molecule has 8 heteroatoms. The van der Waals surface area contributed by atoms with Crippen molar-refractivity contribution in [3.63, 3.8) is 0 Å². The average molecular weight is 292 g/mol. The predicted octanol–water partition coefficient (Wildman–Crippen LogP) is 2.76. The van der Waals surface area contributed by atoms with Crippen LogP contribution in [0.15, 0.2) is 10.7 Å². The Morgan fingerprint density at radius 2 is 2.31 bits per heavy atom. The van der Waals surface area contributed by atoms with Gasteiger partial charge in [0.1, 0.15) is 0 Å². The number of alkyl halides is 2. The smallest absolute Gasteiger partial charge is 0.358 e. The molecule has 0 aliphatic rings. The van der Waals surface area contributed by atoms with E-state index in [-0.39, 0.29) is 16.6 Å². The van der Waals surface area contributed by atoms with Crippen molar-refractivity contribution in [2.75, 3.05) is 0 Å². The molecule has 0 fully saturated rings. The summed E-state index contributed by atoms with van der Waals surface area (Å²) in [6.07, 6.45) is -3.17. The van der Waals surface area contributed by atoms with Crippen LogP contribution in [0.4, 0.5) is 14.6 Å². The van der Waals surface area contributed by atoms with Crippen molar-refractivity contribution in [3.05, 3.63) is 31.9 Å². The maximum Gasteiger partial charge on any atom is 0.365 e. The van der Waals surface area contributed by atoms with Gasteiger partial charge in [-0.3, -0.25) is 0 Å². The van der Waals surface area contributed by atoms with Crippen LogP contribution in [0.2, 0.25) is 0 Å². The number of pyridine rings is 1. The van der Waals surface area contributed by atoms with E-state index in [2.05, 4.69) is 20.9 Å². The fourth-order valence-electron chi connectivity index (χ4n) is 1.09. The summed E-state index contributed by atoms with van der Waals surface area (Å²) in [5.41, 5.74) is -0.571. The van der Waals surface area contributed by atoms with E-state index in [1.54, 1.807) is 6.07 Å². The van der Waals surface area contributed by atoms with Crippen LogP contribution in [0.3, 0.4) is 0 Å². The monoisotopic (exact) mass is 291 g/mol. The number of hydrogen-bond acceptors (Lipinski definition) is 4. The fraction of sp³-hybridized carbons (Fsp3) is 0.250. The molecule has 0 unspecified atom stereocenters. The van der Waals surface area contributed by atoms with Gasteiger partial charge in [-0.15, -0.1) is 0 Å². The molecule has 0 saturated heterocycles. The molecule has 0 atom stereocenters. The number of nitro groups is 1. The van der Waals surface area contributed by atoms with Gasteiger partial charge in [0.25, 0.3) is 6.43 Å². The highest BCUT2D eigenvalue weighted by Gasteiger charge is 2.23. The zero-order chi connectivity index (χ0) is 12.3. The second-order valence-corrected chi connectivity index (χ2v) is 3.48. The maximum atomic E-state index is 12.6. The minimum atomic E-state index is -2.89. The number of nitriles is 1. The molecule has 1 aromatic heterocycles. The zero-order valence-electron chi connectivity index (χ0n) is 7.65. The second-order valence-electron chi connectivity index (χ2n) is 2.73. The molecule has 0 saturated carbocycles. The third-order valence-electron chi connectivity index (χ3n) is 1.77. The van der Waals surface area contributed by atoms with Crippen LogP contribution in [0.1, 0.15) is 17.6 Å². The van der Waals surface area contributed by atoms with Crippen LogP contribution >= 0.6 is 15.9 Å². The molecule has 0 radical (unpaired) electrons. The number of halogens is 3. The van der Waals surface area contributed by atoms with E-state index in [9.17, 15) is 18.9 Å². The lowest BCUT2D eigenvalue weighted by Crippen LogP contribution is -2.01. The summed E-state index contributed by atoms with van der Waals surface area (Å²) in [6, 6.07) is 2.38. The van der Waals surface area contributed by atoms with E-state index in [4.69, 9.17) is 5.26 Å². The van der Waals surface area contributed by atoms with Crippen molar-refractivity contribution in [3.8, 4) is 6.07 Å². The van der Waals surface area contributed by atoms with Crippen LogP contribution in [0, 0.1) is 21.4 Å². The summed E-state index contributed by atoms with van der Waals surface area (Å²) in [5, 5.41) is 18.9. The Hall–Kier alpha value is -1.62. The molecular formula is C8H4BrF2N3O2. The molecule has 0 amide bonds. The van der Waals surface area contributed by atoms with E-state index in [0.717, 1.165) is 0 Å². The van der Waals surface area contributed by atoms with Crippen molar-refractivity contribution in [2.45, 2.75) is 12.8 Å². The lowest BCUT2D eigenvalue weighted by Gasteiger charge is -2.05. The zero-order valence-corrected chi connectivity index (χ0v) is 9.24. The molecule has 0 aliphatic heterocycles. The van der Waals surface area contributed by atoms with Gasteiger partial charge in [-0.1, -0.05) is 0 Å². The third-order valence-corrected chi connectivity index (χ3v) is 2.43. The van der Waals surface area contributed by atoms with Crippen LogP contribution in [0.25, 0.3) is 0 Å². The molecule has 0 aliphatic carbocycles. The van der Waals surface area contributed by atoms with Gasteiger partial charge in [0.15, 0.2) is 0 Å². The first kappa shape index (κ1) is 12.4. The number of nitrogens with zero attached hydrogens (tertiary/aromatic N) is 3. The Balaban J connectivity index is 3.40. The van der Waals surface area contributed by atoms with Gasteiger partial charge >= 0.3 is 5.82 Å². The van der Waals surface area contributed by atoms with Crippen molar-refractivity contribution in [2.24, 2.45) is 0 Å². The summed E-state index contributed by atoms with van der Waals surface area (Å²) < 4.78 is 25.1. The molecule has 0 aromatic carbocycles. The van der Waals surface area contributed by atoms with Crippen LogP contribution in [-0.2, 0) is 6.42 Å². The highest BCUT2D eigenvalue weighted by Crippen LogP contribution is 2.30. The Bertz CT molecular complexity index is 473. The van der Waals surface area contributed by atoms with Crippen molar-refractivity contribution < 1.29 is 13.7 Å². The van der Waals surface area contributed by atoms with Gasteiger partial charge in [-0.25, -0.2) is 8.78 Å². The summed E-state index contributed by atoms with van der Waals surface area (Å²) in [4.78, 5) is 13.0. The first-order chi connectivity index (χ1) is 7.47. The molecule has 0 spiro atoms. The Morgan fingerprint density at radius 1 is 1.69 bits per heavy atom. The summed E-state index contributed by atoms with van der Waals surface area (Å²) in [5.74, 6) is -0.677. The molecule has 1 rings (SSSR count). The third kappa shape index (κ3) is 2.49. The Kier molecular flexibility index (Phi) is 3.84. The van der Waals surface area contributed by atoms with Gasteiger partial charge < -0.3 is 10.1 Å². The van der Waals surface area contributed by atoms with Gasteiger partial charge in [-0.05, 0) is 9.91 Å². The van der Waals surface area contributed by atoms with E-state index in [1.165, 1.54) is 0 Å². The van der Waals surface area contributed by atoms with Crippen LogP contribution in [-0.4, -0.2) is 9.91 Å². The van der Waals surface area contributed by atoms with Gasteiger partial charge in [0.2, 0.25) is 4.60 Å². The molecule has 1 aromatic rings. The molecule has 16 heavy (non-hydrogen) atoms. The van der Waals surface area contributed by atoms with Crippen LogP contribution < -0.4 is 0 Å². The molecule has 84 valence electrons. The van der Waals surface area contributed by atoms with E-state index < -0.39 is 22.7 Å². The number of hydrogen-bond donors (Lipinski definition) is 0. The minimum absolute atomic E-state index is 0.0249. The first-order valence-electron chi connectivity index (χ1n) is 3.96. The van der Waals surface area contributed by atoms with Gasteiger partial charge in [0, 0.05) is 33.1 Å². The second kappa shape index (κ2) is 4.94. The van der Waals surface area contributed by atoms with Crippen LogP contribution in [0.5, 0.6) is 0 Å². The molecular weight excluding hydrogens is 288 g/mol. The standard InChI is InChI=1S/C8H4BrF2N3O2/c9-7-4(1-2-12)5(8(10)11)3-6(13-7)14(15)16/h3,8H,1H2. The SMILES string of the molecule is N#CCc1c(C(F)F)cc([N+](=O)[O-])nc1Br. The largest absolute Gasteiger partial charge is 0.365 e. The van der Waals surface area contributed by atoms with E-state index >= 15 is 0 Å². The lowest BCUT2D eigenvalue weighted by molar-refractivity contribution is -0.389. The van der Waals surface area contributed by atoms with Gasteiger partial charge in [-0.2, -0.15) is 5.26 Å². The highest BCUT2D eigenvalue weighted by atomic mass is 79.9. The Labute approximate surface area is 97.0 Å². The lowest BCUT2D eigenvalue weighted by atomic mass is 10.1. The van der Waals surface area contributed by atoms with E-state index in [0.29, 0.717) is 6.07 Å². The number of rotatable bonds is 3. The maximum absolute atomic E-state index is 12.6.